The van der Waals surface area contributed by atoms with Crippen LogP contribution in [0.15, 0.2) is 29.4 Å². The van der Waals surface area contributed by atoms with E-state index in [0.29, 0.717) is 5.11 Å². The highest BCUT2D eigenvalue weighted by molar-refractivity contribution is 7.80. The quantitative estimate of drug-likeness (QED) is 0.351. The van der Waals surface area contributed by atoms with Gasteiger partial charge in [0, 0.05) is 18.7 Å². The highest BCUT2D eigenvalue weighted by Crippen LogP contribution is 2.17. The van der Waals surface area contributed by atoms with Crippen molar-refractivity contribution in [2.75, 3.05) is 13.7 Å². The number of hydrogen-bond donors (Lipinski definition) is 2. The van der Waals surface area contributed by atoms with Gasteiger partial charge in [-0.1, -0.05) is 31.5 Å². The summed E-state index contributed by atoms with van der Waals surface area (Å²) in [6, 6.07) is 7.94. The number of nitrogens with zero attached hydrogens (tertiary/aromatic N) is 1. The van der Waals surface area contributed by atoms with E-state index in [0.717, 1.165) is 42.8 Å². The fourth-order valence-electron chi connectivity index (χ4n) is 1.73. The lowest BCUT2D eigenvalue weighted by Crippen LogP contribution is -2.33. The lowest BCUT2D eigenvalue weighted by atomic mass is 10.1. The Balaban J connectivity index is 2.47. The molecule has 0 aromatic heterocycles. The van der Waals surface area contributed by atoms with Gasteiger partial charge in [0.2, 0.25) is 0 Å². The molecule has 0 aliphatic carbocycles. The molecule has 110 valence electrons. The van der Waals surface area contributed by atoms with Crippen LogP contribution in [-0.4, -0.2) is 24.5 Å². The minimum Gasteiger partial charge on any atom is -0.496 e. The third kappa shape index (κ3) is 6.02. The SMILES string of the molecule is CCCCNC(=S)N/N=C(/C)Cc1ccccc1OC. The Kier molecular flexibility index (Phi) is 7.65. The van der Waals surface area contributed by atoms with E-state index in [1.807, 2.05) is 31.2 Å². The summed E-state index contributed by atoms with van der Waals surface area (Å²) in [6.45, 7) is 4.99. The molecule has 4 nitrogen and oxygen atoms in total. The van der Waals surface area contributed by atoms with Crippen molar-refractivity contribution in [2.45, 2.75) is 33.1 Å². The number of ether oxygens (including phenoxy) is 1. The zero-order valence-corrected chi connectivity index (χ0v) is 13.2. The van der Waals surface area contributed by atoms with Crippen molar-refractivity contribution in [1.29, 1.82) is 0 Å². The average molecular weight is 293 g/mol. The summed E-state index contributed by atoms with van der Waals surface area (Å²) < 4.78 is 5.32. The summed E-state index contributed by atoms with van der Waals surface area (Å²) in [5.41, 5.74) is 4.93. The molecule has 0 saturated carbocycles. The number of nitrogens with one attached hydrogen (secondary N) is 2. The molecule has 0 radical (unpaired) electrons. The van der Waals surface area contributed by atoms with E-state index in [1.165, 1.54) is 0 Å². The predicted molar refractivity (Wildman–Crippen MR) is 88.5 cm³/mol. The van der Waals surface area contributed by atoms with Crippen LogP contribution in [0.25, 0.3) is 0 Å². The van der Waals surface area contributed by atoms with E-state index in [-0.39, 0.29) is 0 Å². The van der Waals surface area contributed by atoms with Gasteiger partial charge >= 0.3 is 0 Å². The predicted octanol–water partition coefficient (Wildman–Crippen LogP) is 2.88. The van der Waals surface area contributed by atoms with Crippen molar-refractivity contribution in [3.8, 4) is 5.75 Å². The molecule has 0 heterocycles. The minimum absolute atomic E-state index is 0.567. The Morgan fingerprint density at radius 3 is 2.80 bits per heavy atom. The van der Waals surface area contributed by atoms with Crippen LogP contribution in [0.1, 0.15) is 32.3 Å². The second-order valence-corrected chi connectivity index (χ2v) is 4.97. The summed E-state index contributed by atoms with van der Waals surface area (Å²) in [7, 11) is 1.68. The van der Waals surface area contributed by atoms with Gasteiger partial charge in [0.1, 0.15) is 5.75 Å². The second kappa shape index (κ2) is 9.31. The van der Waals surface area contributed by atoms with Gasteiger partial charge in [-0.15, -0.1) is 0 Å². The monoisotopic (exact) mass is 293 g/mol. The third-order valence-corrected chi connectivity index (χ3v) is 3.04. The van der Waals surface area contributed by atoms with Gasteiger partial charge in [-0.2, -0.15) is 5.10 Å². The van der Waals surface area contributed by atoms with Crippen molar-refractivity contribution >= 4 is 23.0 Å². The molecule has 0 saturated heterocycles. The van der Waals surface area contributed by atoms with Gasteiger partial charge in [0.05, 0.1) is 7.11 Å². The number of hydrazone groups is 1. The molecular formula is C15H23N3OS. The van der Waals surface area contributed by atoms with E-state index in [1.54, 1.807) is 7.11 Å². The summed E-state index contributed by atoms with van der Waals surface area (Å²) in [5.74, 6) is 0.880. The third-order valence-electron chi connectivity index (χ3n) is 2.80. The van der Waals surface area contributed by atoms with Crippen molar-refractivity contribution in [3.05, 3.63) is 29.8 Å². The van der Waals surface area contributed by atoms with Crippen molar-refractivity contribution < 1.29 is 4.74 Å². The van der Waals surface area contributed by atoms with Gasteiger partial charge in [-0.3, -0.25) is 5.43 Å². The Hall–Kier alpha value is -1.62. The zero-order chi connectivity index (χ0) is 14.8. The number of hydrogen-bond acceptors (Lipinski definition) is 3. The molecule has 20 heavy (non-hydrogen) atoms. The lowest BCUT2D eigenvalue weighted by molar-refractivity contribution is 0.411. The molecule has 0 aliphatic heterocycles. The fraction of sp³-hybridized carbons (Fsp3) is 0.467. The van der Waals surface area contributed by atoms with Crippen molar-refractivity contribution in [2.24, 2.45) is 5.10 Å². The van der Waals surface area contributed by atoms with Crippen LogP contribution in [0.3, 0.4) is 0 Å². The van der Waals surface area contributed by atoms with Crippen LogP contribution in [0.5, 0.6) is 5.75 Å². The maximum Gasteiger partial charge on any atom is 0.186 e. The van der Waals surface area contributed by atoms with Crippen LogP contribution in [0, 0.1) is 0 Å². The highest BCUT2D eigenvalue weighted by Gasteiger charge is 2.03. The summed E-state index contributed by atoms with van der Waals surface area (Å²) in [4.78, 5) is 0. The molecule has 1 aromatic carbocycles. The van der Waals surface area contributed by atoms with Crippen molar-refractivity contribution in [1.82, 2.24) is 10.7 Å². The number of methoxy groups -OCH3 is 1. The first-order valence-corrected chi connectivity index (χ1v) is 7.27. The van der Waals surface area contributed by atoms with Gasteiger partial charge in [-0.05, 0) is 37.2 Å². The minimum atomic E-state index is 0.567. The molecule has 1 aromatic rings. The molecule has 2 N–H and O–H groups in total. The van der Waals surface area contributed by atoms with Gasteiger partial charge in [-0.25, -0.2) is 0 Å². The molecule has 0 bridgehead atoms. The first-order valence-electron chi connectivity index (χ1n) is 6.86. The van der Waals surface area contributed by atoms with E-state index in [9.17, 15) is 0 Å². The van der Waals surface area contributed by atoms with Crippen LogP contribution < -0.4 is 15.5 Å². The molecule has 0 amide bonds. The average Bonchev–Trinajstić information content (AvgIpc) is 2.46. The standard InChI is InChI=1S/C15H23N3OS/c1-4-5-10-16-15(20)18-17-12(2)11-13-8-6-7-9-14(13)19-3/h6-9H,4-5,10-11H2,1-3H3,(H2,16,18,20)/b17-12-. The normalized spacial score (nSPS) is 11.1. The zero-order valence-electron chi connectivity index (χ0n) is 12.4. The van der Waals surface area contributed by atoms with Crippen LogP contribution in [-0.2, 0) is 6.42 Å². The maximum atomic E-state index is 5.32. The molecule has 0 spiro atoms. The topological polar surface area (TPSA) is 45.7 Å². The maximum absolute atomic E-state index is 5.32. The summed E-state index contributed by atoms with van der Waals surface area (Å²) in [5, 5.41) is 7.96. The fourth-order valence-corrected chi connectivity index (χ4v) is 1.88. The Morgan fingerprint density at radius 2 is 2.10 bits per heavy atom. The first-order chi connectivity index (χ1) is 9.67. The van der Waals surface area contributed by atoms with E-state index < -0.39 is 0 Å². The van der Waals surface area contributed by atoms with Crippen LogP contribution >= 0.6 is 12.2 Å². The number of unbranched alkanes of at least 4 members (excludes halogenated alkanes) is 1. The number of benzene rings is 1. The molecule has 5 heteroatoms. The van der Waals surface area contributed by atoms with Gasteiger partial charge < -0.3 is 10.1 Å². The number of thiocarbonyl (C=S) groups is 1. The Labute approximate surface area is 126 Å². The molecule has 1 rings (SSSR count). The Bertz CT molecular complexity index is 460. The Morgan fingerprint density at radius 1 is 1.35 bits per heavy atom. The van der Waals surface area contributed by atoms with Crippen LogP contribution in [0.4, 0.5) is 0 Å². The molecule has 0 fully saturated rings. The number of rotatable bonds is 7. The smallest absolute Gasteiger partial charge is 0.186 e. The number of para-hydroxylation sites is 1. The summed E-state index contributed by atoms with van der Waals surface area (Å²) in [6.07, 6.45) is 2.98. The van der Waals surface area contributed by atoms with Crippen LogP contribution in [0.2, 0.25) is 0 Å². The lowest BCUT2D eigenvalue weighted by Gasteiger charge is -2.09. The highest BCUT2D eigenvalue weighted by atomic mass is 32.1. The molecule has 0 unspecified atom stereocenters. The first kappa shape index (κ1) is 16.4. The molecule has 0 aliphatic rings. The second-order valence-electron chi connectivity index (χ2n) is 4.56. The largest absolute Gasteiger partial charge is 0.496 e. The van der Waals surface area contributed by atoms with E-state index in [2.05, 4.69) is 22.8 Å². The molecular weight excluding hydrogens is 270 g/mol. The van der Waals surface area contributed by atoms with Gasteiger partial charge in [0.15, 0.2) is 5.11 Å². The molecule has 0 atom stereocenters. The van der Waals surface area contributed by atoms with E-state index >= 15 is 0 Å². The van der Waals surface area contributed by atoms with Gasteiger partial charge in [0.25, 0.3) is 0 Å². The summed E-state index contributed by atoms with van der Waals surface area (Å²) >= 11 is 5.15. The van der Waals surface area contributed by atoms with E-state index in [4.69, 9.17) is 17.0 Å². The van der Waals surface area contributed by atoms with Crippen molar-refractivity contribution in [3.63, 3.8) is 0 Å².